The first-order chi connectivity index (χ1) is 6.77. The van der Waals surface area contributed by atoms with Crippen molar-refractivity contribution in [2.75, 3.05) is 0 Å². The zero-order chi connectivity index (χ0) is 9.97. The Bertz CT molecular complexity index is 443. The Kier molecular flexibility index (Phi) is 2.07. The van der Waals surface area contributed by atoms with Crippen molar-refractivity contribution in [3.05, 3.63) is 48.9 Å². The largest absolute Gasteiger partial charge is 0.396 e. The molecule has 0 bridgehead atoms. The molecule has 70 valence electrons. The highest BCUT2D eigenvalue weighted by Gasteiger charge is 2.03. The second-order valence-electron chi connectivity index (χ2n) is 3.03. The third kappa shape index (κ3) is 1.52. The molecule has 2 aromatic rings. The molecule has 1 aromatic carbocycles. The van der Waals surface area contributed by atoms with Gasteiger partial charge in [0.2, 0.25) is 0 Å². The molecule has 0 aliphatic rings. The maximum atomic E-state index is 5.52. The fraction of sp³-hybridized carbons (Fsp3) is 0. The van der Waals surface area contributed by atoms with Crippen LogP contribution < -0.4 is 5.73 Å². The van der Waals surface area contributed by atoms with Crippen molar-refractivity contribution in [2.45, 2.75) is 0 Å². The van der Waals surface area contributed by atoms with Crippen molar-refractivity contribution in [1.29, 1.82) is 0 Å². The monoisotopic (exact) mass is 185 g/mol. The van der Waals surface area contributed by atoms with E-state index in [1.165, 1.54) is 0 Å². The highest BCUT2D eigenvalue weighted by Crippen LogP contribution is 2.16. The Balaban J connectivity index is 2.39. The van der Waals surface area contributed by atoms with E-state index in [2.05, 4.69) is 16.5 Å². The van der Waals surface area contributed by atoms with Gasteiger partial charge in [0.1, 0.15) is 0 Å². The van der Waals surface area contributed by atoms with Gasteiger partial charge in [0.25, 0.3) is 0 Å². The maximum absolute atomic E-state index is 5.52. The molecule has 0 saturated heterocycles. The Labute approximate surface area is 82.3 Å². The van der Waals surface area contributed by atoms with Gasteiger partial charge in [-0.2, -0.15) is 0 Å². The van der Waals surface area contributed by atoms with Crippen molar-refractivity contribution >= 4 is 5.70 Å². The van der Waals surface area contributed by atoms with Crippen LogP contribution in [0.2, 0.25) is 0 Å². The van der Waals surface area contributed by atoms with Crippen molar-refractivity contribution in [3.63, 3.8) is 0 Å². The second kappa shape index (κ2) is 3.38. The molecule has 3 N–H and O–H groups in total. The Morgan fingerprint density at radius 2 is 2.00 bits per heavy atom. The molecule has 1 heterocycles. The molecule has 1 aromatic heterocycles. The first kappa shape index (κ1) is 8.56. The van der Waals surface area contributed by atoms with Crippen molar-refractivity contribution < 1.29 is 0 Å². The van der Waals surface area contributed by atoms with Gasteiger partial charge in [-0.05, 0) is 0 Å². The van der Waals surface area contributed by atoms with Gasteiger partial charge in [-0.25, -0.2) is 4.98 Å². The maximum Gasteiger partial charge on any atom is 0.153 e. The molecule has 0 fully saturated rings. The molecule has 0 atom stereocenters. The standard InChI is InChI=1S/C11H11N3/c1-8(12)11-13-7-10(14-11)9-5-3-2-4-6-9/h2-7H,1,12H2,(H,13,14). The summed E-state index contributed by atoms with van der Waals surface area (Å²) in [6.07, 6.45) is 1.82. The Hall–Kier alpha value is -2.03. The zero-order valence-electron chi connectivity index (χ0n) is 7.70. The molecule has 3 nitrogen and oxygen atoms in total. The first-order valence-electron chi connectivity index (χ1n) is 4.33. The van der Waals surface area contributed by atoms with Crippen molar-refractivity contribution in [2.24, 2.45) is 5.73 Å². The predicted octanol–water partition coefficient (Wildman–Crippen LogP) is 2.01. The lowest BCUT2D eigenvalue weighted by atomic mass is 10.2. The third-order valence-electron chi connectivity index (χ3n) is 1.95. The van der Waals surface area contributed by atoms with E-state index in [4.69, 9.17) is 5.73 Å². The van der Waals surface area contributed by atoms with Gasteiger partial charge in [0.15, 0.2) is 5.82 Å². The van der Waals surface area contributed by atoms with Crippen LogP contribution in [0.4, 0.5) is 0 Å². The van der Waals surface area contributed by atoms with E-state index in [1.807, 2.05) is 36.5 Å². The quantitative estimate of drug-likeness (QED) is 0.751. The van der Waals surface area contributed by atoms with E-state index in [9.17, 15) is 0 Å². The molecular weight excluding hydrogens is 174 g/mol. The van der Waals surface area contributed by atoms with E-state index in [-0.39, 0.29) is 0 Å². The average molecular weight is 185 g/mol. The van der Waals surface area contributed by atoms with Gasteiger partial charge in [0.05, 0.1) is 11.4 Å². The summed E-state index contributed by atoms with van der Waals surface area (Å²) in [4.78, 5) is 7.27. The highest BCUT2D eigenvalue weighted by molar-refractivity contribution is 5.62. The van der Waals surface area contributed by atoms with E-state index in [0.717, 1.165) is 11.3 Å². The highest BCUT2D eigenvalue weighted by atomic mass is 14.9. The Morgan fingerprint density at radius 3 is 2.57 bits per heavy atom. The van der Waals surface area contributed by atoms with Gasteiger partial charge >= 0.3 is 0 Å². The van der Waals surface area contributed by atoms with Crippen LogP contribution >= 0.6 is 0 Å². The number of imidazole rings is 1. The van der Waals surface area contributed by atoms with Crippen LogP contribution in [0.25, 0.3) is 17.0 Å². The predicted molar refractivity (Wildman–Crippen MR) is 57.2 cm³/mol. The fourth-order valence-corrected chi connectivity index (χ4v) is 1.24. The summed E-state index contributed by atoms with van der Waals surface area (Å²) < 4.78 is 0. The normalized spacial score (nSPS) is 10.0. The molecule has 14 heavy (non-hydrogen) atoms. The van der Waals surface area contributed by atoms with Crippen molar-refractivity contribution in [1.82, 2.24) is 9.97 Å². The lowest BCUT2D eigenvalue weighted by molar-refractivity contribution is 1.22. The molecule has 0 aliphatic heterocycles. The number of nitrogens with one attached hydrogen (secondary N) is 1. The van der Waals surface area contributed by atoms with Crippen LogP contribution in [-0.4, -0.2) is 9.97 Å². The topological polar surface area (TPSA) is 54.7 Å². The zero-order valence-corrected chi connectivity index (χ0v) is 7.70. The third-order valence-corrected chi connectivity index (χ3v) is 1.95. The Morgan fingerprint density at radius 1 is 1.29 bits per heavy atom. The van der Waals surface area contributed by atoms with E-state index in [0.29, 0.717) is 11.5 Å². The van der Waals surface area contributed by atoms with Crippen LogP contribution in [0, 0.1) is 0 Å². The lowest BCUT2D eigenvalue weighted by Gasteiger charge is -1.93. The summed E-state index contributed by atoms with van der Waals surface area (Å²) in [5.74, 6) is 0.629. The molecule has 2 rings (SSSR count). The van der Waals surface area contributed by atoms with Crippen LogP contribution in [0.5, 0.6) is 0 Å². The summed E-state index contributed by atoms with van der Waals surface area (Å²) >= 11 is 0. The molecular formula is C11H11N3. The number of benzene rings is 1. The van der Waals surface area contributed by atoms with E-state index in [1.54, 1.807) is 0 Å². The number of aromatic amines is 1. The number of hydrogen-bond acceptors (Lipinski definition) is 2. The molecule has 0 radical (unpaired) electrons. The van der Waals surface area contributed by atoms with Gasteiger partial charge in [-0.3, -0.25) is 0 Å². The molecule has 0 spiro atoms. The first-order valence-corrected chi connectivity index (χ1v) is 4.33. The minimum Gasteiger partial charge on any atom is -0.396 e. The number of aromatic nitrogens is 2. The average Bonchev–Trinajstić information content (AvgIpc) is 2.68. The number of hydrogen-bond donors (Lipinski definition) is 2. The second-order valence-corrected chi connectivity index (χ2v) is 3.03. The summed E-state index contributed by atoms with van der Waals surface area (Å²) in [5.41, 5.74) is 7.92. The van der Waals surface area contributed by atoms with Crippen LogP contribution in [0.1, 0.15) is 5.82 Å². The van der Waals surface area contributed by atoms with Crippen LogP contribution in [0.15, 0.2) is 43.1 Å². The summed E-state index contributed by atoms with van der Waals surface area (Å²) in [6, 6.07) is 9.92. The lowest BCUT2D eigenvalue weighted by Crippen LogP contribution is -1.95. The van der Waals surface area contributed by atoms with Crippen molar-refractivity contribution in [3.8, 4) is 11.3 Å². The number of nitrogens with zero attached hydrogens (tertiary/aromatic N) is 1. The van der Waals surface area contributed by atoms with Gasteiger partial charge < -0.3 is 10.7 Å². The number of nitrogens with two attached hydrogens (primary N) is 1. The molecule has 0 unspecified atom stereocenters. The van der Waals surface area contributed by atoms with Gasteiger partial charge in [-0.15, -0.1) is 0 Å². The summed E-state index contributed by atoms with van der Waals surface area (Å²) in [7, 11) is 0. The van der Waals surface area contributed by atoms with Crippen LogP contribution in [0.3, 0.4) is 0 Å². The number of rotatable bonds is 2. The summed E-state index contributed by atoms with van der Waals surface area (Å²) in [5, 5.41) is 0. The minimum absolute atomic E-state index is 0.451. The van der Waals surface area contributed by atoms with E-state index < -0.39 is 0 Å². The number of H-pyrrole nitrogens is 1. The van der Waals surface area contributed by atoms with E-state index >= 15 is 0 Å². The fourth-order valence-electron chi connectivity index (χ4n) is 1.24. The SMILES string of the molecule is C=C(N)c1nc(-c2ccccc2)c[nH]1. The molecule has 3 heteroatoms. The molecule has 0 saturated carbocycles. The van der Waals surface area contributed by atoms with Gasteiger partial charge in [-0.1, -0.05) is 36.9 Å². The molecule has 0 amide bonds. The minimum atomic E-state index is 0.451. The van der Waals surface area contributed by atoms with Gasteiger partial charge in [0, 0.05) is 11.8 Å². The molecule has 0 aliphatic carbocycles. The smallest absolute Gasteiger partial charge is 0.153 e. The summed E-state index contributed by atoms with van der Waals surface area (Å²) in [6.45, 7) is 3.62. The van der Waals surface area contributed by atoms with Crippen LogP contribution in [-0.2, 0) is 0 Å².